The fourth-order valence-electron chi connectivity index (χ4n) is 4.10. The van der Waals surface area contributed by atoms with E-state index >= 15 is 0 Å². The third-order valence-corrected chi connectivity index (χ3v) is 5.70. The Morgan fingerprint density at radius 3 is 2.61 bits per heavy atom. The molecule has 4 nitrogen and oxygen atoms in total. The first kappa shape index (κ1) is 18.3. The monoisotopic (exact) mass is 388 g/mol. The smallest absolute Gasteiger partial charge is 0.130 e. The number of fused-ring (bicyclic) bond motifs is 1. The average Bonchev–Trinajstić information content (AvgIpc) is 2.70. The molecule has 28 heavy (non-hydrogen) atoms. The molecule has 0 aliphatic carbocycles. The number of aliphatic imine (C=N–C) groups is 1. The number of amidine groups is 1. The summed E-state index contributed by atoms with van der Waals surface area (Å²) < 4.78 is 0. The number of allylic oxidation sites excluding steroid dienone is 2. The average molecular weight is 389 g/mol. The van der Waals surface area contributed by atoms with E-state index in [1.807, 2.05) is 43.4 Å². The second-order valence-corrected chi connectivity index (χ2v) is 7.42. The molecule has 0 fully saturated rings. The lowest BCUT2D eigenvalue weighted by Gasteiger charge is -2.40. The maximum atomic E-state index is 10.1. The fourth-order valence-corrected chi connectivity index (χ4v) is 4.34. The van der Waals surface area contributed by atoms with E-state index < -0.39 is 0 Å². The van der Waals surface area contributed by atoms with Crippen LogP contribution in [0.3, 0.4) is 0 Å². The van der Waals surface area contributed by atoms with Crippen molar-refractivity contribution in [2.24, 2.45) is 10.7 Å². The topological polar surface area (TPSA) is 65.4 Å². The summed E-state index contributed by atoms with van der Waals surface area (Å²) in [5, 5.41) is 10.7. The van der Waals surface area contributed by atoms with Gasteiger partial charge in [0.15, 0.2) is 0 Å². The van der Waals surface area contributed by atoms with Crippen LogP contribution in [0.1, 0.15) is 36.8 Å². The second-order valence-electron chi connectivity index (χ2n) is 7.01. The molecular weight excluding hydrogens is 368 g/mol. The Balaban J connectivity index is 2.02. The number of hydrogen-bond acceptors (Lipinski definition) is 4. The molecule has 0 bridgehead atoms. The van der Waals surface area contributed by atoms with Gasteiger partial charge in [-0.25, -0.2) is 4.99 Å². The van der Waals surface area contributed by atoms with Crippen molar-refractivity contribution in [2.75, 3.05) is 11.9 Å². The molecule has 1 atom stereocenters. The normalized spacial score (nSPS) is 21.0. The van der Waals surface area contributed by atoms with E-state index in [0.29, 0.717) is 22.9 Å². The van der Waals surface area contributed by atoms with Gasteiger partial charge in [0.2, 0.25) is 0 Å². The summed E-state index contributed by atoms with van der Waals surface area (Å²) in [4.78, 5) is 6.75. The molecular formula is C23H21ClN4. The van der Waals surface area contributed by atoms with Crippen LogP contribution in [0, 0.1) is 11.3 Å². The van der Waals surface area contributed by atoms with Crippen LogP contribution in [0.25, 0.3) is 5.70 Å². The van der Waals surface area contributed by atoms with Gasteiger partial charge in [0, 0.05) is 23.2 Å². The van der Waals surface area contributed by atoms with Crippen molar-refractivity contribution in [3.05, 3.63) is 81.5 Å². The first-order chi connectivity index (χ1) is 13.6. The van der Waals surface area contributed by atoms with Gasteiger partial charge in [0.25, 0.3) is 0 Å². The highest BCUT2D eigenvalue weighted by Crippen LogP contribution is 2.49. The molecule has 2 aliphatic heterocycles. The van der Waals surface area contributed by atoms with Gasteiger partial charge < -0.3 is 10.6 Å². The zero-order chi connectivity index (χ0) is 19.8. The van der Waals surface area contributed by atoms with Gasteiger partial charge in [-0.2, -0.15) is 5.26 Å². The van der Waals surface area contributed by atoms with Gasteiger partial charge >= 0.3 is 0 Å². The van der Waals surface area contributed by atoms with Gasteiger partial charge in [0.05, 0.1) is 34.6 Å². The summed E-state index contributed by atoms with van der Waals surface area (Å²) in [7, 11) is 2.01. The van der Waals surface area contributed by atoms with Crippen LogP contribution >= 0.6 is 11.6 Å². The highest BCUT2D eigenvalue weighted by molar-refractivity contribution is 6.31. The third-order valence-electron chi connectivity index (χ3n) is 5.35. The Hall–Kier alpha value is -3.03. The van der Waals surface area contributed by atoms with Gasteiger partial charge in [-0.15, -0.1) is 0 Å². The van der Waals surface area contributed by atoms with Gasteiger partial charge in [-0.3, -0.25) is 0 Å². The van der Waals surface area contributed by atoms with Crippen LogP contribution in [-0.4, -0.2) is 12.9 Å². The van der Waals surface area contributed by atoms with Gasteiger partial charge in [0.1, 0.15) is 5.84 Å². The Kier molecular flexibility index (Phi) is 4.70. The Bertz CT molecular complexity index is 1090. The Labute approximate surface area is 170 Å². The number of nitrogens with two attached hydrogens (primary N) is 1. The standard InChI is InChI=1S/C23H21ClN4/c1-3-8-18-16(13-25)20(14-9-4-6-11-17(14)24)21(23(26)27-18)22-15-10-5-7-12-19(15)28(22)2/h4-7,9-12,20H,3,8H2,1-2H3,(H2,26,27)/b22-21-. The quantitative estimate of drug-likeness (QED) is 0.782. The zero-order valence-electron chi connectivity index (χ0n) is 15.9. The number of halogens is 1. The fraction of sp³-hybridized carbons (Fsp3) is 0.217. The van der Waals surface area contributed by atoms with Crippen LogP contribution in [0.15, 0.2) is 70.4 Å². The van der Waals surface area contributed by atoms with E-state index in [4.69, 9.17) is 17.3 Å². The summed E-state index contributed by atoms with van der Waals surface area (Å²) in [6.45, 7) is 2.07. The number of benzene rings is 2. The minimum Gasteiger partial charge on any atom is -0.383 e. The van der Waals surface area contributed by atoms with E-state index in [0.717, 1.165) is 40.2 Å². The largest absolute Gasteiger partial charge is 0.383 e. The van der Waals surface area contributed by atoms with Crippen LogP contribution in [-0.2, 0) is 0 Å². The summed E-state index contributed by atoms with van der Waals surface area (Å²) >= 11 is 6.57. The van der Waals surface area contributed by atoms with Crippen molar-refractivity contribution in [3.63, 3.8) is 0 Å². The zero-order valence-corrected chi connectivity index (χ0v) is 16.7. The van der Waals surface area contributed by atoms with Crippen molar-refractivity contribution in [2.45, 2.75) is 25.7 Å². The molecule has 0 radical (unpaired) electrons. The number of rotatable bonds is 3. The third kappa shape index (κ3) is 2.71. The predicted octanol–water partition coefficient (Wildman–Crippen LogP) is 5.23. The molecule has 2 N–H and O–H groups in total. The van der Waals surface area contributed by atoms with E-state index in [1.165, 1.54) is 0 Å². The number of para-hydroxylation sites is 1. The minimum absolute atomic E-state index is 0.330. The predicted molar refractivity (Wildman–Crippen MR) is 115 cm³/mol. The number of nitrogens with zero attached hydrogens (tertiary/aromatic N) is 3. The molecule has 0 aromatic heterocycles. The molecule has 5 heteroatoms. The lowest BCUT2D eigenvalue weighted by molar-refractivity contribution is 0.836. The highest BCUT2D eigenvalue weighted by Gasteiger charge is 2.38. The van der Waals surface area contributed by atoms with E-state index in [1.54, 1.807) is 0 Å². The molecule has 140 valence electrons. The number of hydrogen-bond donors (Lipinski definition) is 1. The van der Waals surface area contributed by atoms with Crippen LogP contribution in [0.4, 0.5) is 5.69 Å². The Morgan fingerprint density at radius 2 is 1.89 bits per heavy atom. The van der Waals surface area contributed by atoms with Crippen molar-refractivity contribution < 1.29 is 0 Å². The molecule has 0 saturated heterocycles. The summed E-state index contributed by atoms with van der Waals surface area (Å²) in [6.07, 6.45) is 1.60. The maximum absolute atomic E-state index is 10.1. The second kappa shape index (κ2) is 7.18. The molecule has 2 aromatic carbocycles. The van der Waals surface area contributed by atoms with Crippen molar-refractivity contribution in [1.29, 1.82) is 5.26 Å². The van der Waals surface area contributed by atoms with Crippen LogP contribution in [0.5, 0.6) is 0 Å². The van der Waals surface area contributed by atoms with E-state index in [9.17, 15) is 5.26 Å². The molecule has 2 aromatic rings. The van der Waals surface area contributed by atoms with Crippen LogP contribution < -0.4 is 10.6 Å². The summed E-state index contributed by atoms with van der Waals surface area (Å²) in [5.74, 6) is 0.132. The highest BCUT2D eigenvalue weighted by atomic mass is 35.5. The van der Waals surface area contributed by atoms with Crippen molar-refractivity contribution >= 4 is 28.8 Å². The molecule has 2 heterocycles. The van der Waals surface area contributed by atoms with Gasteiger partial charge in [-0.1, -0.05) is 61.3 Å². The first-order valence-electron chi connectivity index (χ1n) is 9.37. The lowest BCUT2D eigenvalue weighted by atomic mass is 9.77. The molecule has 2 aliphatic rings. The van der Waals surface area contributed by atoms with Crippen LogP contribution in [0.2, 0.25) is 5.02 Å². The van der Waals surface area contributed by atoms with E-state index in [-0.39, 0.29) is 5.92 Å². The first-order valence-corrected chi connectivity index (χ1v) is 9.75. The SMILES string of the molecule is CCCC1=C(C#N)C(c2ccccc2Cl)/C(=C2\c3ccccc3N2C)C(N)=N1. The maximum Gasteiger partial charge on any atom is 0.130 e. The molecule has 0 saturated carbocycles. The number of anilines is 1. The number of nitriles is 1. The van der Waals surface area contributed by atoms with Gasteiger partial charge in [-0.05, 0) is 24.1 Å². The molecule has 1 unspecified atom stereocenters. The van der Waals surface area contributed by atoms with Crippen molar-refractivity contribution in [1.82, 2.24) is 0 Å². The molecule has 4 rings (SSSR count). The minimum atomic E-state index is -0.330. The Morgan fingerprint density at radius 1 is 1.18 bits per heavy atom. The summed E-state index contributed by atoms with van der Waals surface area (Å²) in [6, 6.07) is 18.2. The molecule has 0 amide bonds. The molecule has 0 spiro atoms. The lowest BCUT2D eigenvalue weighted by Crippen LogP contribution is -2.35. The summed E-state index contributed by atoms with van der Waals surface area (Å²) in [5.41, 5.74) is 12.9. The van der Waals surface area contributed by atoms with Crippen molar-refractivity contribution in [3.8, 4) is 6.07 Å². The van der Waals surface area contributed by atoms with E-state index in [2.05, 4.69) is 35.0 Å².